The molecule has 0 aliphatic heterocycles. The zero-order valence-electron chi connectivity index (χ0n) is 9.73. The van der Waals surface area contributed by atoms with Crippen LogP contribution in [0.1, 0.15) is 25.3 Å². The highest BCUT2D eigenvalue weighted by Crippen LogP contribution is 2.26. The molecule has 1 aromatic rings. The minimum absolute atomic E-state index is 0.0762. The molecule has 0 radical (unpaired) electrons. The fourth-order valence-corrected chi connectivity index (χ4v) is 1.76. The van der Waals surface area contributed by atoms with E-state index < -0.39 is 16.0 Å². The van der Waals surface area contributed by atoms with Gasteiger partial charge in [-0.3, -0.25) is 4.31 Å². The molecule has 0 atom stereocenters. The normalized spacial score (nSPS) is 11.9. The van der Waals surface area contributed by atoms with Crippen LogP contribution in [-0.2, 0) is 10.0 Å². The first kappa shape index (κ1) is 12.9. The van der Waals surface area contributed by atoms with E-state index in [0.29, 0.717) is 5.56 Å². The van der Waals surface area contributed by atoms with Gasteiger partial charge in [-0.1, -0.05) is 19.9 Å². The van der Waals surface area contributed by atoms with Crippen molar-refractivity contribution in [2.75, 3.05) is 17.6 Å². The van der Waals surface area contributed by atoms with Gasteiger partial charge in [-0.25, -0.2) is 13.4 Å². The monoisotopic (exact) mass is 246 g/mol. The summed E-state index contributed by atoms with van der Waals surface area (Å²) in [4.78, 5) is 3.64. The molecule has 0 fully saturated rings. The highest BCUT2D eigenvalue weighted by molar-refractivity contribution is 7.92. The molecule has 90 valence electrons. The first-order valence-electron chi connectivity index (χ1n) is 4.84. The Balaban J connectivity index is 3.36. The molecule has 0 N–H and O–H groups in total. The van der Waals surface area contributed by atoms with E-state index in [9.17, 15) is 12.8 Å². The van der Waals surface area contributed by atoms with Gasteiger partial charge in [0.25, 0.3) is 0 Å². The van der Waals surface area contributed by atoms with E-state index in [2.05, 4.69) is 4.98 Å². The molecule has 0 unspecified atom stereocenters. The Bertz CT molecular complexity index is 486. The highest BCUT2D eigenvalue weighted by Gasteiger charge is 2.19. The average molecular weight is 246 g/mol. The number of anilines is 1. The molecule has 0 saturated heterocycles. The number of hydrogen-bond donors (Lipinski definition) is 0. The van der Waals surface area contributed by atoms with Crippen molar-refractivity contribution in [3.05, 3.63) is 23.6 Å². The van der Waals surface area contributed by atoms with Crippen molar-refractivity contribution < 1.29 is 12.8 Å². The van der Waals surface area contributed by atoms with E-state index in [-0.39, 0.29) is 11.7 Å². The summed E-state index contributed by atoms with van der Waals surface area (Å²) in [5.74, 6) is -0.459. The molecular formula is C10H15FN2O2S. The Labute approximate surface area is 95.2 Å². The third-order valence-electron chi connectivity index (χ3n) is 2.29. The minimum atomic E-state index is -3.42. The Morgan fingerprint density at radius 2 is 1.94 bits per heavy atom. The Morgan fingerprint density at radius 3 is 2.38 bits per heavy atom. The molecule has 1 rings (SSSR count). The second-order valence-corrected chi connectivity index (χ2v) is 5.95. The van der Waals surface area contributed by atoms with Crippen molar-refractivity contribution in [3.63, 3.8) is 0 Å². The lowest BCUT2D eigenvalue weighted by Gasteiger charge is -2.20. The van der Waals surface area contributed by atoms with Crippen LogP contribution >= 0.6 is 0 Å². The Kier molecular flexibility index (Phi) is 3.52. The van der Waals surface area contributed by atoms with E-state index >= 15 is 0 Å². The number of rotatable bonds is 3. The lowest BCUT2D eigenvalue weighted by atomic mass is 10.0. The Morgan fingerprint density at radius 1 is 1.38 bits per heavy atom. The SMILES string of the molecule is CC(C)c1ccc(F)nc1N(C)S(C)(=O)=O. The van der Waals surface area contributed by atoms with Gasteiger partial charge in [-0.05, 0) is 17.5 Å². The summed E-state index contributed by atoms with van der Waals surface area (Å²) in [5, 5.41) is 0. The molecule has 0 aromatic carbocycles. The second-order valence-electron chi connectivity index (χ2n) is 3.93. The van der Waals surface area contributed by atoms with Crippen LogP contribution in [0.15, 0.2) is 12.1 Å². The molecular weight excluding hydrogens is 231 g/mol. The topological polar surface area (TPSA) is 50.3 Å². The van der Waals surface area contributed by atoms with Gasteiger partial charge in [-0.15, -0.1) is 0 Å². The average Bonchev–Trinajstić information content (AvgIpc) is 2.14. The quantitative estimate of drug-likeness (QED) is 0.763. The molecule has 0 aliphatic rings. The number of nitrogens with zero attached hydrogens (tertiary/aromatic N) is 2. The van der Waals surface area contributed by atoms with Crippen molar-refractivity contribution in [1.29, 1.82) is 0 Å². The number of sulfonamides is 1. The van der Waals surface area contributed by atoms with E-state index in [0.717, 1.165) is 10.6 Å². The van der Waals surface area contributed by atoms with Crippen LogP contribution in [0, 0.1) is 5.95 Å². The van der Waals surface area contributed by atoms with Crippen LogP contribution in [0.2, 0.25) is 0 Å². The number of hydrogen-bond acceptors (Lipinski definition) is 3. The van der Waals surface area contributed by atoms with Crippen LogP contribution in [0.5, 0.6) is 0 Å². The van der Waals surface area contributed by atoms with Gasteiger partial charge in [0.2, 0.25) is 16.0 Å². The van der Waals surface area contributed by atoms with Gasteiger partial charge in [0.1, 0.15) is 5.82 Å². The number of aromatic nitrogens is 1. The number of halogens is 1. The predicted octanol–water partition coefficient (Wildman–Crippen LogP) is 1.74. The van der Waals surface area contributed by atoms with Crippen molar-refractivity contribution in [2.45, 2.75) is 19.8 Å². The molecule has 0 bridgehead atoms. The zero-order valence-corrected chi connectivity index (χ0v) is 10.5. The third kappa shape index (κ3) is 2.69. The molecule has 0 spiro atoms. The first-order chi connectivity index (χ1) is 7.23. The van der Waals surface area contributed by atoms with Crippen LogP contribution < -0.4 is 4.31 Å². The molecule has 16 heavy (non-hydrogen) atoms. The standard InChI is InChI=1S/C10H15FN2O2S/c1-7(2)8-5-6-9(11)12-10(8)13(3)16(4,14)15/h5-7H,1-4H3. The molecule has 0 saturated carbocycles. The lowest BCUT2D eigenvalue weighted by Crippen LogP contribution is -2.27. The van der Waals surface area contributed by atoms with Gasteiger partial charge in [-0.2, -0.15) is 4.39 Å². The molecule has 4 nitrogen and oxygen atoms in total. The first-order valence-corrected chi connectivity index (χ1v) is 6.68. The van der Waals surface area contributed by atoms with Gasteiger partial charge in [0.15, 0.2) is 0 Å². The second kappa shape index (κ2) is 4.37. The molecule has 0 amide bonds. The zero-order chi connectivity index (χ0) is 12.5. The largest absolute Gasteiger partial charge is 0.257 e. The van der Waals surface area contributed by atoms with Gasteiger partial charge in [0, 0.05) is 7.05 Å². The van der Waals surface area contributed by atoms with Crippen molar-refractivity contribution >= 4 is 15.8 Å². The summed E-state index contributed by atoms with van der Waals surface area (Å²) in [7, 11) is -2.06. The van der Waals surface area contributed by atoms with Crippen LogP contribution in [0.25, 0.3) is 0 Å². The lowest BCUT2D eigenvalue weighted by molar-refractivity contribution is 0.579. The summed E-state index contributed by atoms with van der Waals surface area (Å²) in [6.45, 7) is 3.79. The maximum atomic E-state index is 13.0. The summed E-state index contributed by atoms with van der Waals surface area (Å²) in [6, 6.07) is 2.79. The van der Waals surface area contributed by atoms with Crippen LogP contribution in [0.4, 0.5) is 10.2 Å². The predicted molar refractivity (Wildman–Crippen MR) is 61.5 cm³/mol. The Hall–Kier alpha value is -1.17. The fourth-order valence-electron chi connectivity index (χ4n) is 1.30. The molecule has 6 heteroatoms. The molecule has 0 aliphatic carbocycles. The van der Waals surface area contributed by atoms with Crippen molar-refractivity contribution in [2.24, 2.45) is 0 Å². The van der Waals surface area contributed by atoms with Gasteiger partial charge >= 0.3 is 0 Å². The number of pyridine rings is 1. The van der Waals surface area contributed by atoms with Crippen molar-refractivity contribution in [1.82, 2.24) is 4.98 Å². The van der Waals surface area contributed by atoms with Gasteiger partial charge < -0.3 is 0 Å². The minimum Gasteiger partial charge on any atom is -0.257 e. The van der Waals surface area contributed by atoms with Crippen LogP contribution in [0.3, 0.4) is 0 Å². The summed E-state index contributed by atoms with van der Waals surface area (Å²) < 4.78 is 36.8. The van der Waals surface area contributed by atoms with Crippen molar-refractivity contribution in [3.8, 4) is 0 Å². The van der Waals surface area contributed by atoms with E-state index in [1.807, 2.05) is 13.8 Å². The fraction of sp³-hybridized carbons (Fsp3) is 0.500. The smallest absolute Gasteiger partial charge is 0.233 e. The summed E-state index contributed by atoms with van der Waals surface area (Å²) in [6.07, 6.45) is 1.06. The maximum Gasteiger partial charge on any atom is 0.233 e. The summed E-state index contributed by atoms with van der Waals surface area (Å²) >= 11 is 0. The maximum absolute atomic E-state index is 13.0. The van der Waals surface area contributed by atoms with E-state index in [1.165, 1.54) is 13.1 Å². The molecule has 1 heterocycles. The summed E-state index contributed by atoms with van der Waals surface area (Å²) in [5.41, 5.74) is 0.703. The van der Waals surface area contributed by atoms with Gasteiger partial charge in [0.05, 0.1) is 6.26 Å². The third-order valence-corrected chi connectivity index (χ3v) is 3.46. The highest BCUT2D eigenvalue weighted by atomic mass is 32.2. The van der Waals surface area contributed by atoms with E-state index in [1.54, 1.807) is 6.07 Å². The molecule has 1 aromatic heterocycles. The van der Waals surface area contributed by atoms with E-state index in [4.69, 9.17) is 0 Å². The van der Waals surface area contributed by atoms with Crippen LogP contribution in [-0.4, -0.2) is 26.7 Å².